The average Bonchev–Trinajstić information content (AvgIpc) is 3.71. The molecule has 2 aliphatic rings. The van der Waals surface area contributed by atoms with E-state index in [1.165, 1.54) is 55.3 Å². The van der Waals surface area contributed by atoms with Crippen molar-refractivity contribution in [3.05, 3.63) is 167 Å². The Bertz CT molecular complexity index is 2430. The summed E-state index contributed by atoms with van der Waals surface area (Å²) in [6.45, 7) is 2.12. The molecule has 10 rings (SSSR count). The van der Waals surface area contributed by atoms with Crippen LogP contribution >= 0.6 is 0 Å². The Morgan fingerprint density at radius 1 is 0.500 bits per heavy atom. The van der Waals surface area contributed by atoms with Gasteiger partial charge in [-0.25, -0.2) is 0 Å². The van der Waals surface area contributed by atoms with Crippen LogP contribution < -0.4 is 5.32 Å². The summed E-state index contributed by atoms with van der Waals surface area (Å²) in [5, 5.41) is 8.55. The van der Waals surface area contributed by atoms with Gasteiger partial charge in [-0.2, -0.15) is 0 Å². The van der Waals surface area contributed by atoms with Gasteiger partial charge in [0.15, 0.2) is 5.58 Å². The van der Waals surface area contributed by atoms with E-state index in [4.69, 9.17) is 4.42 Å². The fourth-order valence-electron chi connectivity index (χ4n) is 8.21. The number of para-hydroxylation sites is 1. The second-order valence-corrected chi connectivity index (χ2v) is 12.2. The summed E-state index contributed by atoms with van der Waals surface area (Å²) >= 11 is 0. The van der Waals surface area contributed by atoms with Gasteiger partial charge in [-0.05, 0) is 86.0 Å². The molecule has 2 nitrogen and oxygen atoms in total. The van der Waals surface area contributed by atoms with Gasteiger partial charge in [0.05, 0.1) is 11.1 Å². The molecule has 0 bridgehead atoms. The first kappa shape index (κ1) is 23.9. The van der Waals surface area contributed by atoms with Crippen molar-refractivity contribution in [1.29, 1.82) is 0 Å². The first-order chi connectivity index (χ1) is 21.7. The van der Waals surface area contributed by atoms with E-state index in [9.17, 15) is 0 Å². The van der Waals surface area contributed by atoms with Gasteiger partial charge in [0.1, 0.15) is 5.58 Å². The number of hydrogen-bond donors (Lipinski definition) is 1. The van der Waals surface area contributed by atoms with E-state index in [2.05, 4.69) is 152 Å². The Morgan fingerprint density at radius 3 is 1.80 bits per heavy atom. The monoisotopic (exact) mass is 561 g/mol. The summed E-state index contributed by atoms with van der Waals surface area (Å²) in [6, 6.07) is 51.0. The molecule has 206 valence electrons. The molecular weight excluding hydrogens is 534 g/mol. The molecule has 1 N–H and O–H groups in total. The molecule has 44 heavy (non-hydrogen) atoms. The van der Waals surface area contributed by atoms with Crippen LogP contribution in [0.2, 0.25) is 0 Å². The Morgan fingerprint density at radius 2 is 1.09 bits per heavy atom. The van der Waals surface area contributed by atoms with Gasteiger partial charge >= 0.3 is 0 Å². The van der Waals surface area contributed by atoms with E-state index >= 15 is 0 Å². The van der Waals surface area contributed by atoms with Crippen LogP contribution in [0.25, 0.3) is 55.0 Å². The Kier molecular flexibility index (Phi) is 4.61. The van der Waals surface area contributed by atoms with Crippen molar-refractivity contribution in [2.45, 2.75) is 12.3 Å². The van der Waals surface area contributed by atoms with E-state index in [0.29, 0.717) is 0 Å². The van der Waals surface area contributed by atoms with Gasteiger partial charge in [0, 0.05) is 16.5 Å². The number of nitrogens with one attached hydrogen (secondary N) is 1. The molecule has 0 fully saturated rings. The normalized spacial score (nSPS) is 13.8. The van der Waals surface area contributed by atoms with Crippen molar-refractivity contribution >= 4 is 44.1 Å². The third-order valence-corrected chi connectivity index (χ3v) is 9.96. The SMILES string of the molecule is Cc1cccc2c1oc1c(Nc3ccc4c(c3)C3(c5ccccc5-c5ccccc53)c3ccccc3-4)cc3ccccc3c12. The second kappa shape index (κ2) is 8.49. The molecular formula is C42H27NO. The molecule has 1 aromatic heterocycles. The number of aryl methyl sites for hydroxylation is 1. The zero-order valence-corrected chi connectivity index (χ0v) is 24.2. The lowest BCUT2D eigenvalue weighted by Crippen LogP contribution is -2.25. The molecule has 0 unspecified atom stereocenters. The Balaban J connectivity index is 1.23. The summed E-state index contributed by atoms with van der Waals surface area (Å²) in [4.78, 5) is 0. The van der Waals surface area contributed by atoms with Crippen LogP contribution in [0, 0.1) is 6.92 Å². The van der Waals surface area contributed by atoms with Crippen molar-refractivity contribution in [2.24, 2.45) is 0 Å². The van der Waals surface area contributed by atoms with Crippen LogP contribution in [-0.2, 0) is 5.41 Å². The Labute approximate surface area is 255 Å². The van der Waals surface area contributed by atoms with Gasteiger partial charge < -0.3 is 9.73 Å². The van der Waals surface area contributed by atoms with Crippen LogP contribution in [0.4, 0.5) is 11.4 Å². The summed E-state index contributed by atoms with van der Waals surface area (Å²) in [5.74, 6) is 0. The molecule has 0 atom stereocenters. The van der Waals surface area contributed by atoms with E-state index in [1.807, 2.05) is 0 Å². The maximum Gasteiger partial charge on any atom is 0.159 e. The number of benzene rings is 7. The molecule has 1 heterocycles. The number of fused-ring (bicyclic) bond motifs is 15. The summed E-state index contributed by atoms with van der Waals surface area (Å²) in [6.07, 6.45) is 0. The molecule has 0 radical (unpaired) electrons. The second-order valence-electron chi connectivity index (χ2n) is 12.2. The summed E-state index contributed by atoms with van der Waals surface area (Å²) < 4.78 is 6.66. The minimum absolute atomic E-state index is 0.369. The van der Waals surface area contributed by atoms with E-state index in [1.54, 1.807) is 0 Å². The molecule has 0 amide bonds. The molecule has 2 heteroatoms. The maximum absolute atomic E-state index is 6.66. The molecule has 8 aromatic rings. The highest BCUT2D eigenvalue weighted by molar-refractivity contribution is 6.22. The third kappa shape index (κ3) is 2.90. The quantitative estimate of drug-likeness (QED) is 0.227. The number of rotatable bonds is 2. The number of hydrogen-bond acceptors (Lipinski definition) is 2. The van der Waals surface area contributed by atoms with E-state index in [-0.39, 0.29) is 5.41 Å². The van der Waals surface area contributed by atoms with E-state index < -0.39 is 0 Å². The molecule has 0 aliphatic heterocycles. The lowest BCUT2D eigenvalue weighted by atomic mass is 9.70. The van der Waals surface area contributed by atoms with Gasteiger partial charge in [0.2, 0.25) is 0 Å². The van der Waals surface area contributed by atoms with Crippen molar-refractivity contribution in [2.75, 3.05) is 5.32 Å². The smallest absolute Gasteiger partial charge is 0.159 e. The molecule has 2 aliphatic carbocycles. The largest absolute Gasteiger partial charge is 0.454 e. The van der Waals surface area contributed by atoms with E-state index in [0.717, 1.165) is 38.9 Å². The lowest BCUT2D eigenvalue weighted by Gasteiger charge is -2.30. The average molecular weight is 562 g/mol. The van der Waals surface area contributed by atoms with Gasteiger partial charge in [-0.1, -0.05) is 121 Å². The van der Waals surface area contributed by atoms with Crippen molar-refractivity contribution in [1.82, 2.24) is 0 Å². The molecule has 0 saturated heterocycles. The van der Waals surface area contributed by atoms with Crippen LogP contribution in [-0.4, -0.2) is 0 Å². The third-order valence-electron chi connectivity index (χ3n) is 9.96. The minimum Gasteiger partial charge on any atom is -0.454 e. The highest BCUT2D eigenvalue weighted by Crippen LogP contribution is 2.63. The van der Waals surface area contributed by atoms with Crippen LogP contribution in [0.1, 0.15) is 27.8 Å². The highest BCUT2D eigenvalue weighted by Gasteiger charge is 2.51. The maximum atomic E-state index is 6.66. The van der Waals surface area contributed by atoms with Gasteiger partial charge in [-0.3, -0.25) is 0 Å². The number of furan rings is 1. The van der Waals surface area contributed by atoms with Crippen molar-refractivity contribution in [3.8, 4) is 22.3 Å². The zero-order chi connectivity index (χ0) is 29.0. The lowest BCUT2D eigenvalue weighted by molar-refractivity contribution is 0.667. The predicted molar refractivity (Wildman–Crippen MR) is 182 cm³/mol. The topological polar surface area (TPSA) is 25.2 Å². The zero-order valence-electron chi connectivity index (χ0n) is 24.2. The van der Waals surface area contributed by atoms with Crippen molar-refractivity contribution < 1.29 is 4.42 Å². The standard InChI is InChI=1S/C42H27NO/c1-25-11-10-17-33-39-28-13-3-2-12-26(28)23-38(41(39)44-40(25)33)43-27-21-22-32-31-16-6-9-20-36(31)42(37(32)24-27)34-18-7-4-14-29(34)30-15-5-8-19-35(30)42/h2-24,43H,1H3. The van der Waals surface area contributed by atoms with Crippen LogP contribution in [0.5, 0.6) is 0 Å². The van der Waals surface area contributed by atoms with Crippen LogP contribution in [0.3, 0.4) is 0 Å². The highest BCUT2D eigenvalue weighted by atomic mass is 16.3. The predicted octanol–water partition coefficient (Wildman–Crippen LogP) is 11.1. The fraction of sp³-hybridized carbons (Fsp3) is 0.0476. The minimum atomic E-state index is -0.369. The fourth-order valence-corrected chi connectivity index (χ4v) is 8.21. The van der Waals surface area contributed by atoms with Crippen LogP contribution in [0.15, 0.2) is 144 Å². The summed E-state index contributed by atoms with van der Waals surface area (Å²) in [7, 11) is 0. The Hall–Kier alpha value is -5.60. The van der Waals surface area contributed by atoms with Gasteiger partial charge in [0.25, 0.3) is 0 Å². The molecule has 0 saturated carbocycles. The van der Waals surface area contributed by atoms with Gasteiger partial charge in [-0.15, -0.1) is 0 Å². The summed E-state index contributed by atoms with van der Waals surface area (Å²) in [5.41, 5.74) is 15.2. The van der Waals surface area contributed by atoms with Crippen molar-refractivity contribution in [3.63, 3.8) is 0 Å². The molecule has 7 aromatic carbocycles. The first-order valence-electron chi connectivity index (χ1n) is 15.3. The number of anilines is 2. The molecule has 1 spiro atoms. The first-order valence-corrected chi connectivity index (χ1v) is 15.3.